The average molecular weight is 266 g/mol. The van der Waals surface area contributed by atoms with Crippen molar-refractivity contribution in [3.05, 3.63) is 24.0 Å². The number of thioether (sulfide) groups is 1. The second-order valence-corrected chi connectivity index (χ2v) is 4.00. The number of carbonyl (C=O) groups excluding carboxylic acids is 1. The maximum atomic E-state index is 13.6. The number of hydrogen-bond donors (Lipinski definition) is 2. The summed E-state index contributed by atoms with van der Waals surface area (Å²) in [5, 5.41) is 13.6. The van der Waals surface area contributed by atoms with Crippen molar-refractivity contribution in [3.63, 3.8) is 0 Å². The number of amidine groups is 1. The molecule has 5 nitrogen and oxygen atoms in total. The Morgan fingerprint density at radius 1 is 1.56 bits per heavy atom. The largest absolute Gasteiger partial charge is 0.324 e. The molecule has 7 heteroatoms. The van der Waals surface area contributed by atoms with E-state index >= 15 is 0 Å². The number of halogens is 1. The van der Waals surface area contributed by atoms with Crippen molar-refractivity contribution in [2.45, 2.75) is 6.92 Å². The number of aliphatic imine (C=N–C) groups is 1. The van der Waals surface area contributed by atoms with Crippen LogP contribution in [0.4, 0.5) is 15.8 Å². The van der Waals surface area contributed by atoms with Crippen molar-refractivity contribution in [1.82, 2.24) is 5.32 Å². The summed E-state index contributed by atoms with van der Waals surface area (Å²) >= 11 is 1.23. The van der Waals surface area contributed by atoms with E-state index in [-0.39, 0.29) is 11.6 Å². The Labute approximate surface area is 108 Å². The van der Waals surface area contributed by atoms with Gasteiger partial charge in [-0.15, -0.1) is 0 Å². The molecule has 1 amide bonds. The van der Waals surface area contributed by atoms with Gasteiger partial charge in [-0.05, 0) is 18.4 Å². The lowest BCUT2D eigenvalue weighted by molar-refractivity contribution is -0.114. The third-order valence-corrected chi connectivity index (χ3v) is 2.43. The molecule has 0 aliphatic carbocycles. The fourth-order valence-electron chi connectivity index (χ4n) is 1.15. The lowest BCUT2D eigenvalue weighted by atomic mass is 10.2. The highest BCUT2D eigenvalue weighted by atomic mass is 32.2. The van der Waals surface area contributed by atoms with E-state index in [1.807, 2.05) is 0 Å². The molecule has 0 fully saturated rings. The van der Waals surface area contributed by atoms with Gasteiger partial charge in [-0.2, -0.15) is 5.26 Å². The van der Waals surface area contributed by atoms with E-state index in [1.165, 1.54) is 30.8 Å². The second kappa shape index (κ2) is 6.61. The van der Waals surface area contributed by atoms with E-state index in [0.29, 0.717) is 10.9 Å². The highest BCUT2D eigenvalue weighted by molar-refractivity contribution is 8.13. The van der Waals surface area contributed by atoms with Gasteiger partial charge in [0.1, 0.15) is 5.82 Å². The Balaban J connectivity index is 2.97. The van der Waals surface area contributed by atoms with Crippen LogP contribution >= 0.6 is 11.8 Å². The molecule has 1 rings (SSSR count). The molecule has 0 heterocycles. The van der Waals surface area contributed by atoms with Crippen molar-refractivity contribution in [2.75, 3.05) is 11.6 Å². The maximum Gasteiger partial charge on any atom is 0.221 e. The Morgan fingerprint density at radius 3 is 2.78 bits per heavy atom. The first-order chi connectivity index (χ1) is 8.56. The van der Waals surface area contributed by atoms with Crippen LogP contribution in [0, 0.1) is 17.3 Å². The Hall–Kier alpha value is -2.07. The van der Waals surface area contributed by atoms with E-state index in [0.717, 1.165) is 0 Å². The van der Waals surface area contributed by atoms with E-state index in [4.69, 9.17) is 5.26 Å². The summed E-state index contributed by atoms with van der Waals surface area (Å²) in [5.74, 6) is -0.926. The van der Waals surface area contributed by atoms with Crippen LogP contribution in [-0.2, 0) is 4.79 Å². The molecule has 0 unspecified atom stereocenters. The van der Waals surface area contributed by atoms with Gasteiger partial charge in [-0.3, -0.25) is 10.1 Å². The molecule has 18 heavy (non-hydrogen) atoms. The monoisotopic (exact) mass is 266 g/mol. The second-order valence-electron chi connectivity index (χ2n) is 3.20. The fraction of sp³-hybridized carbons (Fsp3) is 0.182. The number of carbonyl (C=O) groups is 1. The molecule has 0 saturated heterocycles. The summed E-state index contributed by atoms with van der Waals surface area (Å²) < 4.78 is 13.6. The molecule has 0 spiro atoms. The van der Waals surface area contributed by atoms with Crippen LogP contribution in [-0.4, -0.2) is 17.3 Å². The standard InChI is InChI=1S/C11H11FN4OS/c1-7(17)15-10-4-3-8(5-9(10)12)16-11(18-2)14-6-13/h3-5H,1-2H3,(H,14,16)(H,15,17). The molecule has 94 valence electrons. The van der Waals surface area contributed by atoms with Gasteiger partial charge in [0.15, 0.2) is 11.4 Å². The molecule has 0 saturated carbocycles. The molecule has 0 aliphatic rings. The van der Waals surface area contributed by atoms with Gasteiger partial charge in [0, 0.05) is 13.0 Å². The molecule has 1 aromatic rings. The van der Waals surface area contributed by atoms with Crippen LogP contribution in [0.3, 0.4) is 0 Å². The van der Waals surface area contributed by atoms with Crippen LogP contribution in [0.1, 0.15) is 6.92 Å². The topological polar surface area (TPSA) is 77.3 Å². The van der Waals surface area contributed by atoms with Gasteiger partial charge < -0.3 is 5.32 Å². The SMILES string of the molecule is CSC(=Nc1ccc(NC(C)=O)c(F)c1)NC#N. The Bertz CT molecular complexity index is 524. The Morgan fingerprint density at radius 2 is 2.28 bits per heavy atom. The molecule has 2 N–H and O–H groups in total. The van der Waals surface area contributed by atoms with Gasteiger partial charge in [0.25, 0.3) is 0 Å². The van der Waals surface area contributed by atoms with E-state index < -0.39 is 5.82 Å². The van der Waals surface area contributed by atoms with Crippen molar-refractivity contribution < 1.29 is 9.18 Å². The zero-order valence-corrected chi connectivity index (χ0v) is 10.6. The number of rotatable bonds is 2. The lowest BCUT2D eigenvalue weighted by Crippen LogP contribution is -2.12. The maximum absolute atomic E-state index is 13.6. The first-order valence-corrected chi connectivity index (χ1v) is 6.14. The fourth-order valence-corrected chi connectivity index (χ4v) is 1.50. The minimum atomic E-state index is -0.580. The predicted molar refractivity (Wildman–Crippen MR) is 70.1 cm³/mol. The van der Waals surface area contributed by atoms with E-state index in [2.05, 4.69) is 15.6 Å². The van der Waals surface area contributed by atoms with Crippen molar-refractivity contribution >= 4 is 34.2 Å². The first-order valence-electron chi connectivity index (χ1n) is 4.91. The molecule has 0 aliphatic heterocycles. The third-order valence-electron chi connectivity index (χ3n) is 1.85. The minimum absolute atomic E-state index is 0.0976. The summed E-state index contributed by atoms with van der Waals surface area (Å²) in [4.78, 5) is 14.8. The van der Waals surface area contributed by atoms with Crippen LogP contribution in [0.2, 0.25) is 0 Å². The number of anilines is 1. The van der Waals surface area contributed by atoms with E-state index in [1.54, 1.807) is 18.5 Å². The Kier molecular flexibility index (Phi) is 5.14. The summed E-state index contributed by atoms with van der Waals surface area (Å²) in [5.41, 5.74) is 0.453. The third kappa shape index (κ3) is 4.07. The van der Waals surface area contributed by atoms with E-state index in [9.17, 15) is 9.18 Å². The van der Waals surface area contributed by atoms with Crippen molar-refractivity contribution in [3.8, 4) is 6.19 Å². The number of hydrogen-bond acceptors (Lipinski definition) is 4. The summed E-state index contributed by atoms with van der Waals surface area (Å²) in [6, 6.07) is 4.14. The van der Waals surface area contributed by atoms with Gasteiger partial charge in [0.2, 0.25) is 5.91 Å². The number of nitriles is 1. The normalized spacial score (nSPS) is 10.7. The number of nitrogens with one attached hydrogen (secondary N) is 2. The van der Waals surface area contributed by atoms with Gasteiger partial charge in [-0.25, -0.2) is 9.38 Å². The zero-order chi connectivity index (χ0) is 13.5. The molecule has 0 aromatic heterocycles. The van der Waals surface area contributed by atoms with Crippen LogP contribution in [0.25, 0.3) is 0 Å². The first kappa shape index (κ1) is 14.0. The van der Waals surface area contributed by atoms with Crippen LogP contribution < -0.4 is 10.6 Å². The smallest absolute Gasteiger partial charge is 0.221 e. The number of amides is 1. The van der Waals surface area contributed by atoms with Crippen molar-refractivity contribution in [1.29, 1.82) is 5.26 Å². The zero-order valence-electron chi connectivity index (χ0n) is 9.82. The quantitative estimate of drug-likeness (QED) is 0.372. The molecule has 0 radical (unpaired) electrons. The lowest BCUT2D eigenvalue weighted by Gasteiger charge is -2.05. The molecular weight excluding hydrogens is 255 g/mol. The predicted octanol–water partition coefficient (Wildman–Crippen LogP) is 2.21. The molecule has 0 atom stereocenters. The molecule has 1 aromatic carbocycles. The molecular formula is C11H11FN4OS. The highest BCUT2D eigenvalue weighted by Crippen LogP contribution is 2.21. The summed E-state index contributed by atoms with van der Waals surface area (Å²) in [7, 11) is 0. The summed E-state index contributed by atoms with van der Waals surface area (Å²) in [6.07, 6.45) is 3.48. The number of nitrogens with zero attached hydrogens (tertiary/aromatic N) is 2. The van der Waals surface area contributed by atoms with Gasteiger partial charge >= 0.3 is 0 Å². The highest BCUT2D eigenvalue weighted by Gasteiger charge is 2.05. The molecule has 0 bridgehead atoms. The summed E-state index contributed by atoms with van der Waals surface area (Å²) in [6.45, 7) is 1.30. The van der Waals surface area contributed by atoms with Crippen molar-refractivity contribution in [2.24, 2.45) is 4.99 Å². The average Bonchev–Trinajstić information content (AvgIpc) is 2.31. The van der Waals surface area contributed by atoms with Crippen LogP contribution in [0.5, 0.6) is 0 Å². The van der Waals surface area contributed by atoms with Crippen LogP contribution in [0.15, 0.2) is 23.2 Å². The van der Waals surface area contributed by atoms with Gasteiger partial charge in [-0.1, -0.05) is 11.8 Å². The van der Waals surface area contributed by atoms with Gasteiger partial charge in [0.05, 0.1) is 11.4 Å². The number of benzene rings is 1. The minimum Gasteiger partial charge on any atom is -0.324 e.